The number of imide groups is 1. The number of rotatable bonds is 6. The molecule has 1 rings (SSSR count). The fourth-order valence-corrected chi connectivity index (χ4v) is 2.03. The highest BCUT2D eigenvalue weighted by Gasteiger charge is 2.24. The van der Waals surface area contributed by atoms with Gasteiger partial charge in [0, 0.05) is 19.1 Å². The molecule has 0 atom stereocenters. The molecule has 1 saturated heterocycles. The van der Waals surface area contributed by atoms with Gasteiger partial charge in [0.15, 0.2) is 0 Å². The number of carbonyl (C=O) groups is 3. The summed E-state index contributed by atoms with van der Waals surface area (Å²) in [6, 6.07) is 0. The van der Waals surface area contributed by atoms with Crippen LogP contribution in [0.4, 0.5) is 0 Å². The van der Waals surface area contributed by atoms with Crippen molar-refractivity contribution >= 4 is 17.7 Å². The zero-order valence-electron chi connectivity index (χ0n) is 12.7. The molecule has 0 bridgehead atoms. The summed E-state index contributed by atoms with van der Waals surface area (Å²) in [5.74, 6) is -2.22. The molecule has 0 aromatic heterocycles. The van der Waals surface area contributed by atoms with Crippen molar-refractivity contribution in [2.45, 2.75) is 39.2 Å². The third-order valence-corrected chi connectivity index (χ3v) is 3.21. The van der Waals surface area contributed by atoms with E-state index >= 15 is 0 Å². The molecule has 7 nitrogen and oxygen atoms in total. The smallest absolute Gasteiger partial charge is 0.315 e. The Kier molecular flexibility index (Phi) is 7.92. The molecular weight excluding hydrogens is 274 g/mol. The zero-order valence-corrected chi connectivity index (χ0v) is 12.7. The first-order valence-electron chi connectivity index (χ1n) is 7.46. The fourth-order valence-electron chi connectivity index (χ4n) is 2.03. The monoisotopic (exact) mass is 299 g/mol. The van der Waals surface area contributed by atoms with Gasteiger partial charge in [0.25, 0.3) is 0 Å². The van der Waals surface area contributed by atoms with E-state index in [9.17, 15) is 14.4 Å². The predicted molar refractivity (Wildman–Crippen MR) is 77.5 cm³/mol. The second kappa shape index (κ2) is 9.46. The van der Waals surface area contributed by atoms with Crippen LogP contribution in [0.3, 0.4) is 0 Å². The number of ether oxygens (including phenoxy) is 1. The van der Waals surface area contributed by atoms with Gasteiger partial charge in [-0.05, 0) is 46.2 Å². The molecule has 1 fully saturated rings. The van der Waals surface area contributed by atoms with E-state index in [1.807, 2.05) is 13.8 Å². The summed E-state index contributed by atoms with van der Waals surface area (Å²) in [6.45, 7) is 6.24. The molecule has 7 heteroatoms. The second-order valence-corrected chi connectivity index (χ2v) is 5.37. The van der Waals surface area contributed by atoms with Crippen molar-refractivity contribution < 1.29 is 19.1 Å². The molecule has 0 aromatic rings. The Morgan fingerprint density at radius 3 is 2.48 bits per heavy atom. The minimum atomic E-state index is -0.886. The average molecular weight is 299 g/mol. The van der Waals surface area contributed by atoms with E-state index in [0.717, 1.165) is 13.1 Å². The Labute approximate surface area is 125 Å². The molecule has 1 aliphatic heterocycles. The van der Waals surface area contributed by atoms with Crippen LogP contribution in [0.1, 0.15) is 33.1 Å². The van der Waals surface area contributed by atoms with Crippen LogP contribution in [0, 0.1) is 5.92 Å². The van der Waals surface area contributed by atoms with Crippen molar-refractivity contribution in [2.75, 3.05) is 26.2 Å². The van der Waals surface area contributed by atoms with E-state index in [0.29, 0.717) is 32.4 Å². The van der Waals surface area contributed by atoms with Crippen molar-refractivity contribution in [3.05, 3.63) is 0 Å². The number of carbonyl (C=O) groups excluding carboxylic acids is 3. The van der Waals surface area contributed by atoms with Crippen molar-refractivity contribution in [1.82, 2.24) is 16.0 Å². The third-order valence-electron chi connectivity index (χ3n) is 3.21. The number of hydrogen-bond donors (Lipinski definition) is 3. The molecule has 0 radical (unpaired) electrons. The maximum Gasteiger partial charge on any atom is 0.315 e. The van der Waals surface area contributed by atoms with Gasteiger partial charge in [0.1, 0.15) is 0 Å². The molecule has 0 spiro atoms. The van der Waals surface area contributed by atoms with Crippen molar-refractivity contribution in [3.8, 4) is 0 Å². The van der Waals surface area contributed by atoms with Crippen LogP contribution in [-0.2, 0) is 19.1 Å². The number of piperidine rings is 1. The lowest BCUT2D eigenvalue weighted by atomic mass is 9.97. The van der Waals surface area contributed by atoms with Gasteiger partial charge in [-0.25, -0.2) is 0 Å². The standard InChI is InChI=1S/C14H25N3O4/c1-10(2)21-9-3-6-16-13(19)14(20)17-12(18)11-4-7-15-8-5-11/h10-11,15H,3-9H2,1-2H3,(H,16,19)(H,17,18,20). The normalized spacial score (nSPS) is 15.8. The lowest BCUT2D eigenvalue weighted by Crippen LogP contribution is -2.46. The van der Waals surface area contributed by atoms with Gasteiger partial charge in [0.05, 0.1) is 6.10 Å². The molecule has 120 valence electrons. The topological polar surface area (TPSA) is 96.5 Å². The van der Waals surface area contributed by atoms with Crippen molar-refractivity contribution in [3.63, 3.8) is 0 Å². The Bertz CT molecular complexity index is 365. The highest BCUT2D eigenvalue weighted by molar-refractivity contribution is 6.37. The van der Waals surface area contributed by atoms with Crippen molar-refractivity contribution in [2.24, 2.45) is 5.92 Å². The van der Waals surface area contributed by atoms with Crippen LogP contribution in [-0.4, -0.2) is 50.1 Å². The molecule has 1 heterocycles. The molecule has 3 N–H and O–H groups in total. The summed E-state index contributed by atoms with van der Waals surface area (Å²) in [7, 11) is 0. The Hall–Kier alpha value is -1.47. The van der Waals surface area contributed by atoms with E-state index in [4.69, 9.17) is 4.74 Å². The first kappa shape index (κ1) is 17.6. The Morgan fingerprint density at radius 1 is 1.19 bits per heavy atom. The van der Waals surface area contributed by atoms with Gasteiger partial charge in [-0.3, -0.25) is 19.7 Å². The zero-order chi connectivity index (χ0) is 15.7. The third kappa shape index (κ3) is 7.19. The van der Waals surface area contributed by atoms with E-state index in [1.54, 1.807) is 0 Å². The molecule has 0 aromatic carbocycles. The summed E-state index contributed by atoms with van der Waals surface area (Å²) >= 11 is 0. The van der Waals surface area contributed by atoms with Gasteiger partial charge in [-0.2, -0.15) is 0 Å². The van der Waals surface area contributed by atoms with Crippen molar-refractivity contribution in [1.29, 1.82) is 0 Å². The minimum Gasteiger partial charge on any atom is -0.379 e. The predicted octanol–water partition coefficient (Wildman–Crippen LogP) is -0.440. The van der Waals surface area contributed by atoms with E-state index in [2.05, 4.69) is 16.0 Å². The van der Waals surface area contributed by atoms with Crippen LogP contribution in [0.5, 0.6) is 0 Å². The number of hydrogen-bond acceptors (Lipinski definition) is 5. The Balaban J connectivity index is 2.18. The van der Waals surface area contributed by atoms with Gasteiger partial charge >= 0.3 is 11.8 Å². The molecular formula is C14H25N3O4. The van der Waals surface area contributed by atoms with Crippen LogP contribution in [0.15, 0.2) is 0 Å². The van der Waals surface area contributed by atoms with E-state index < -0.39 is 11.8 Å². The fraction of sp³-hybridized carbons (Fsp3) is 0.786. The molecule has 0 unspecified atom stereocenters. The van der Waals surface area contributed by atoms with Crippen LogP contribution >= 0.6 is 0 Å². The first-order valence-corrected chi connectivity index (χ1v) is 7.46. The molecule has 0 saturated carbocycles. The van der Waals surface area contributed by atoms with Gasteiger partial charge in [-0.1, -0.05) is 0 Å². The highest BCUT2D eigenvalue weighted by atomic mass is 16.5. The van der Waals surface area contributed by atoms with Crippen LogP contribution in [0.25, 0.3) is 0 Å². The van der Waals surface area contributed by atoms with E-state index in [-0.39, 0.29) is 17.9 Å². The lowest BCUT2D eigenvalue weighted by molar-refractivity contribution is -0.143. The largest absolute Gasteiger partial charge is 0.379 e. The quantitative estimate of drug-likeness (QED) is 0.456. The first-order chi connectivity index (χ1) is 10.0. The van der Waals surface area contributed by atoms with Gasteiger partial charge in [0.2, 0.25) is 5.91 Å². The summed E-state index contributed by atoms with van der Waals surface area (Å²) < 4.78 is 5.32. The Morgan fingerprint density at radius 2 is 1.86 bits per heavy atom. The van der Waals surface area contributed by atoms with Gasteiger partial charge < -0.3 is 15.4 Å². The minimum absolute atomic E-state index is 0.145. The summed E-state index contributed by atoms with van der Waals surface area (Å²) in [5.41, 5.74) is 0. The second-order valence-electron chi connectivity index (χ2n) is 5.37. The molecule has 1 aliphatic rings. The van der Waals surface area contributed by atoms with Crippen LogP contribution in [0.2, 0.25) is 0 Å². The maximum absolute atomic E-state index is 11.8. The molecule has 21 heavy (non-hydrogen) atoms. The summed E-state index contributed by atoms with van der Waals surface area (Å²) in [4.78, 5) is 34.9. The number of nitrogens with one attached hydrogen (secondary N) is 3. The highest BCUT2D eigenvalue weighted by Crippen LogP contribution is 2.10. The lowest BCUT2D eigenvalue weighted by Gasteiger charge is -2.21. The van der Waals surface area contributed by atoms with E-state index in [1.165, 1.54) is 0 Å². The summed E-state index contributed by atoms with van der Waals surface area (Å²) in [5, 5.41) is 7.77. The maximum atomic E-state index is 11.8. The SMILES string of the molecule is CC(C)OCCCNC(=O)C(=O)NC(=O)C1CCNCC1. The number of amides is 3. The molecule has 0 aliphatic carbocycles. The van der Waals surface area contributed by atoms with Gasteiger partial charge in [-0.15, -0.1) is 0 Å². The average Bonchev–Trinajstić information content (AvgIpc) is 2.47. The summed E-state index contributed by atoms with van der Waals surface area (Å²) in [6.07, 6.45) is 2.14. The van der Waals surface area contributed by atoms with Crippen LogP contribution < -0.4 is 16.0 Å². The molecule has 3 amide bonds.